The maximum atomic E-state index is 8.71. The van der Waals surface area contributed by atoms with Crippen molar-refractivity contribution >= 4 is 23.5 Å². The summed E-state index contributed by atoms with van der Waals surface area (Å²) in [5, 5.41) is 13.2. The molecule has 0 amide bonds. The van der Waals surface area contributed by atoms with E-state index in [9.17, 15) is 0 Å². The first-order valence-corrected chi connectivity index (χ1v) is 5.56. The zero-order chi connectivity index (χ0) is 12.8. The highest BCUT2D eigenvalue weighted by Gasteiger charge is 1.99. The maximum Gasteiger partial charge on any atom is 0.0992 e. The zero-order valence-electron chi connectivity index (χ0n) is 9.34. The van der Waals surface area contributed by atoms with Crippen molar-refractivity contribution in [2.24, 2.45) is 5.10 Å². The van der Waals surface area contributed by atoms with Crippen LogP contribution in [-0.4, -0.2) is 11.2 Å². The Morgan fingerprint density at radius 3 is 2.94 bits per heavy atom. The zero-order valence-corrected chi connectivity index (χ0v) is 10.1. The number of anilines is 1. The van der Waals surface area contributed by atoms with Crippen LogP contribution in [0.2, 0.25) is 5.02 Å². The molecular formula is C13H9ClN4. The van der Waals surface area contributed by atoms with Gasteiger partial charge in [-0.05, 0) is 24.3 Å². The molecule has 1 aromatic carbocycles. The third-order valence-electron chi connectivity index (χ3n) is 2.18. The van der Waals surface area contributed by atoms with Gasteiger partial charge in [-0.15, -0.1) is 0 Å². The lowest BCUT2D eigenvalue weighted by Gasteiger charge is -2.02. The smallest absolute Gasteiger partial charge is 0.0992 e. The van der Waals surface area contributed by atoms with Crippen LogP contribution in [0.5, 0.6) is 0 Å². The van der Waals surface area contributed by atoms with E-state index in [2.05, 4.69) is 15.5 Å². The number of nitriles is 1. The van der Waals surface area contributed by atoms with E-state index in [-0.39, 0.29) is 0 Å². The molecule has 88 valence electrons. The highest BCUT2D eigenvalue weighted by Crippen LogP contribution is 2.22. The number of hydrazone groups is 1. The number of nitrogens with one attached hydrogen (secondary N) is 1. The second-order valence-corrected chi connectivity index (χ2v) is 3.87. The van der Waals surface area contributed by atoms with Crippen LogP contribution < -0.4 is 5.43 Å². The van der Waals surface area contributed by atoms with E-state index in [0.29, 0.717) is 16.3 Å². The second-order valence-electron chi connectivity index (χ2n) is 3.46. The van der Waals surface area contributed by atoms with Gasteiger partial charge in [0.15, 0.2) is 0 Å². The van der Waals surface area contributed by atoms with Crippen LogP contribution in [0.25, 0.3) is 0 Å². The second kappa shape index (κ2) is 5.80. The van der Waals surface area contributed by atoms with Crippen molar-refractivity contribution in [2.75, 3.05) is 5.43 Å². The Kier molecular flexibility index (Phi) is 3.90. The summed E-state index contributed by atoms with van der Waals surface area (Å²) in [5.41, 5.74) is 4.86. The fourth-order valence-corrected chi connectivity index (χ4v) is 1.53. The van der Waals surface area contributed by atoms with E-state index >= 15 is 0 Å². The minimum Gasteiger partial charge on any atom is -0.277 e. The Hall–Kier alpha value is -2.38. The van der Waals surface area contributed by atoms with Crippen molar-refractivity contribution in [3.8, 4) is 6.07 Å². The normalized spacial score (nSPS) is 10.2. The topological polar surface area (TPSA) is 61.1 Å². The van der Waals surface area contributed by atoms with E-state index < -0.39 is 0 Å². The number of rotatable bonds is 3. The lowest BCUT2D eigenvalue weighted by Crippen LogP contribution is -1.92. The van der Waals surface area contributed by atoms with Gasteiger partial charge in [-0.2, -0.15) is 10.4 Å². The van der Waals surface area contributed by atoms with Crippen LogP contribution in [-0.2, 0) is 0 Å². The van der Waals surface area contributed by atoms with Crippen molar-refractivity contribution in [3.63, 3.8) is 0 Å². The first-order chi connectivity index (χ1) is 8.79. The van der Waals surface area contributed by atoms with Crippen molar-refractivity contribution in [3.05, 3.63) is 58.9 Å². The lowest BCUT2D eigenvalue weighted by atomic mass is 10.2. The van der Waals surface area contributed by atoms with Gasteiger partial charge in [0, 0.05) is 18.0 Å². The van der Waals surface area contributed by atoms with Crippen LogP contribution in [0.1, 0.15) is 11.1 Å². The molecule has 0 saturated heterocycles. The van der Waals surface area contributed by atoms with Gasteiger partial charge in [-0.3, -0.25) is 10.4 Å². The standard InChI is InChI=1S/C13H9ClN4/c14-12-6-10(7-15)3-4-13(12)18-17-9-11-2-1-5-16-8-11/h1-6,8-9,18H. The minimum atomic E-state index is 0.456. The number of halogens is 1. The summed E-state index contributed by atoms with van der Waals surface area (Å²) in [4.78, 5) is 3.97. The van der Waals surface area contributed by atoms with E-state index in [1.807, 2.05) is 18.2 Å². The quantitative estimate of drug-likeness (QED) is 0.678. The summed E-state index contributed by atoms with van der Waals surface area (Å²) in [7, 11) is 0. The fraction of sp³-hybridized carbons (Fsp3) is 0. The highest BCUT2D eigenvalue weighted by atomic mass is 35.5. The highest BCUT2D eigenvalue weighted by molar-refractivity contribution is 6.33. The van der Waals surface area contributed by atoms with Crippen LogP contribution in [0.4, 0.5) is 5.69 Å². The van der Waals surface area contributed by atoms with Gasteiger partial charge in [0.05, 0.1) is 28.6 Å². The summed E-state index contributed by atoms with van der Waals surface area (Å²) in [6.45, 7) is 0. The van der Waals surface area contributed by atoms with Crippen LogP contribution in [0.3, 0.4) is 0 Å². The molecular weight excluding hydrogens is 248 g/mol. The monoisotopic (exact) mass is 256 g/mol. The van der Waals surface area contributed by atoms with Crippen molar-refractivity contribution < 1.29 is 0 Å². The van der Waals surface area contributed by atoms with Gasteiger partial charge in [0.2, 0.25) is 0 Å². The molecule has 2 rings (SSSR count). The van der Waals surface area contributed by atoms with Crippen molar-refractivity contribution in [2.45, 2.75) is 0 Å². The molecule has 0 saturated carbocycles. The molecule has 4 nitrogen and oxygen atoms in total. The molecule has 1 heterocycles. The molecule has 0 aliphatic carbocycles. The average Bonchev–Trinajstić information content (AvgIpc) is 2.42. The molecule has 0 radical (unpaired) electrons. The van der Waals surface area contributed by atoms with Crippen LogP contribution in [0.15, 0.2) is 47.8 Å². The Bertz CT molecular complexity index is 602. The molecule has 0 unspecified atom stereocenters. The maximum absolute atomic E-state index is 8.71. The third kappa shape index (κ3) is 3.06. The van der Waals surface area contributed by atoms with Gasteiger partial charge in [0.1, 0.15) is 0 Å². The fourth-order valence-electron chi connectivity index (χ4n) is 1.30. The average molecular weight is 257 g/mol. The Morgan fingerprint density at radius 1 is 1.39 bits per heavy atom. The Balaban J connectivity index is 2.07. The number of hydrogen-bond donors (Lipinski definition) is 1. The summed E-state index contributed by atoms with van der Waals surface area (Å²) in [5.74, 6) is 0. The molecule has 2 aromatic rings. The van der Waals surface area contributed by atoms with Crippen molar-refractivity contribution in [1.29, 1.82) is 5.26 Å². The molecule has 0 atom stereocenters. The van der Waals surface area contributed by atoms with Crippen molar-refractivity contribution in [1.82, 2.24) is 4.98 Å². The molecule has 0 bridgehead atoms. The number of hydrogen-bond acceptors (Lipinski definition) is 4. The summed E-state index contributed by atoms with van der Waals surface area (Å²) < 4.78 is 0. The Labute approximate surface area is 110 Å². The summed E-state index contributed by atoms with van der Waals surface area (Å²) in [6, 6.07) is 10.7. The number of pyridine rings is 1. The largest absolute Gasteiger partial charge is 0.277 e. The molecule has 18 heavy (non-hydrogen) atoms. The van der Waals surface area contributed by atoms with Gasteiger partial charge >= 0.3 is 0 Å². The van der Waals surface area contributed by atoms with Gasteiger partial charge < -0.3 is 0 Å². The van der Waals surface area contributed by atoms with E-state index in [1.165, 1.54) is 0 Å². The predicted octanol–water partition coefficient (Wildman–Crippen LogP) is 3.05. The number of aromatic nitrogens is 1. The Morgan fingerprint density at radius 2 is 2.28 bits per heavy atom. The number of benzene rings is 1. The third-order valence-corrected chi connectivity index (χ3v) is 2.49. The summed E-state index contributed by atoms with van der Waals surface area (Å²) >= 11 is 5.99. The van der Waals surface area contributed by atoms with Gasteiger partial charge in [-0.25, -0.2) is 0 Å². The van der Waals surface area contributed by atoms with Crippen LogP contribution in [0, 0.1) is 11.3 Å². The molecule has 0 spiro atoms. The SMILES string of the molecule is N#Cc1ccc(NN=Cc2cccnc2)c(Cl)c1. The van der Waals surface area contributed by atoms with E-state index in [1.54, 1.807) is 36.8 Å². The van der Waals surface area contributed by atoms with E-state index in [0.717, 1.165) is 5.56 Å². The number of nitrogens with zero attached hydrogens (tertiary/aromatic N) is 3. The van der Waals surface area contributed by atoms with E-state index in [4.69, 9.17) is 16.9 Å². The predicted molar refractivity (Wildman–Crippen MR) is 71.6 cm³/mol. The van der Waals surface area contributed by atoms with Crippen LogP contribution >= 0.6 is 11.6 Å². The lowest BCUT2D eigenvalue weighted by molar-refractivity contribution is 1.30. The molecule has 1 aromatic heterocycles. The van der Waals surface area contributed by atoms with Gasteiger partial charge in [-0.1, -0.05) is 17.7 Å². The first kappa shape index (κ1) is 12.1. The molecule has 0 aliphatic rings. The van der Waals surface area contributed by atoms with Gasteiger partial charge in [0.25, 0.3) is 0 Å². The summed E-state index contributed by atoms with van der Waals surface area (Å²) in [6.07, 6.45) is 5.04. The molecule has 0 fully saturated rings. The molecule has 0 aliphatic heterocycles. The minimum absolute atomic E-state index is 0.456. The molecule has 1 N–H and O–H groups in total. The first-order valence-electron chi connectivity index (χ1n) is 5.18. The molecule has 5 heteroatoms.